The summed E-state index contributed by atoms with van der Waals surface area (Å²) in [7, 11) is 0. The highest BCUT2D eigenvalue weighted by molar-refractivity contribution is 6.30. The zero-order chi connectivity index (χ0) is 25.1. The Morgan fingerprint density at radius 1 is 0.943 bits per heavy atom. The van der Waals surface area contributed by atoms with Gasteiger partial charge in [-0.3, -0.25) is 4.79 Å². The van der Waals surface area contributed by atoms with Crippen molar-refractivity contribution in [2.45, 2.75) is 20.3 Å². The number of hydrogen-bond donors (Lipinski definition) is 2. The van der Waals surface area contributed by atoms with E-state index in [2.05, 4.69) is 18.7 Å². The van der Waals surface area contributed by atoms with Gasteiger partial charge in [0, 0.05) is 40.6 Å². The smallest absolute Gasteiger partial charge is 0.338 e. The number of aromatic nitrogens is 1. The first-order chi connectivity index (χ1) is 16.8. The fourth-order valence-electron chi connectivity index (χ4n) is 4.30. The summed E-state index contributed by atoms with van der Waals surface area (Å²) in [5.41, 5.74) is 2.42. The quantitative estimate of drug-likeness (QED) is 0.287. The molecule has 0 spiro atoms. The highest BCUT2D eigenvalue weighted by Gasteiger charge is 2.25. The average Bonchev–Trinajstić information content (AvgIpc) is 3.13. The molecule has 0 unspecified atom stereocenters. The van der Waals surface area contributed by atoms with Crippen molar-refractivity contribution in [1.82, 2.24) is 4.57 Å². The molecular weight excluding hydrogens is 468 g/mol. The van der Waals surface area contributed by atoms with Gasteiger partial charge in [0.1, 0.15) is 11.5 Å². The average molecular weight is 493 g/mol. The van der Waals surface area contributed by atoms with E-state index < -0.39 is 18.4 Å². The minimum Gasteiger partial charge on any atom is -0.481 e. The molecule has 0 fully saturated rings. The van der Waals surface area contributed by atoms with E-state index in [4.69, 9.17) is 16.3 Å². The number of anilines is 1. The SMILES string of the molecule is CCN(CC)c1ccc(-n2c(CC(=O)O)c(C(=O)O)c3cc(Oc4cccc(Cl)c4)ccc32)cc1. The van der Waals surface area contributed by atoms with Crippen LogP contribution in [-0.2, 0) is 11.2 Å². The number of rotatable bonds is 9. The van der Waals surface area contributed by atoms with Crippen molar-refractivity contribution < 1.29 is 24.5 Å². The van der Waals surface area contributed by atoms with Crippen LogP contribution in [0.5, 0.6) is 11.5 Å². The van der Waals surface area contributed by atoms with Crippen LogP contribution in [0.25, 0.3) is 16.6 Å². The zero-order valence-electron chi connectivity index (χ0n) is 19.4. The van der Waals surface area contributed by atoms with Crippen LogP contribution < -0.4 is 9.64 Å². The third-order valence-corrected chi connectivity index (χ3v) is 6.07. The van der Waals surface area contributed by atoms with Gasteiger partial charge in [-0.1, -0.05) is 17.7 Å². The summed E-state index contributed by atoms with van der Waals surface area (Å²) in [5, 5.41) is 20.5. The Kier molecular flexibility index (Phi) is 6.98. The number of carboxylic acids is 2. The number of carboxylic acid groups (broad SMARTS) is 2. The fraction of sp³-hybridized carbons (Fsp3) is 0.185. The molecule has 0 saturated heterocycles. The van der Waals surface area contributed by atoms with Gasteiger partial charge in [-0.15, -0.1) is 0 Å². The molecule has 0 amide bonds. The third kappa shape index (κ3) is 4.95. The molecule has 0 aliphatic heterocycles. The standard InChI is InChI=1S/C27H25ClN2O5/c1-3-29(4-2)18-8-10-19(11-9-18)30-23-13-12-21(35-20-7-5-6-17(28)14-20)15-22(23)26(27(33)34)24(30)16-25(31)32/h5-15H,3-4,16H2,1-2H3,(H,31,32)(H,33,34). The molecule has 0 aliphatic carbocycles. The molecule has 1 heterocycles. The topological polar surface area (TPSA) is 92.0 Å². The van der Waals surface area contributed by atoms with Crippen molar-refractivity contribution in [3.63, 3.8) is 0 Å². The van der Waals surface area contributed by atoms with Crippen molar-refractivity contribution in [2.24, 2.45) is 0 Å². The molecule has 180 valence electrons. The lowest BCUT2D eigenvalue weighted by Gasteiger charge is -2.21. The Balaban J connectivity index is 1.88. The number of ether oxygens (including phenoxy) is 1. The van der Waals surface area contributed by atoms with Crippen LogP contribution >= 0.6 is 11.6 Å². The number of hydrogen-bond acceptors (Lipinski definition) is 4. The van der Waals surface area contributed by atoms with Crippen molar-refractivity contribution in [3.8, 4) is 17.2 Å². The van der Waals surface area contributed by atoms with Gasteiger partial charge in [-0.25, -0.2) is 4.79 Å². The van der Waals surface area contributed by atoms with E-state index in [0.29, 0.717) is 33.1 Å². The predicted octanol–water partition coefficient (Wildman–Crippen LogP) is 6.25. The maximum atomic E-state index is 12.3. The highest BCUT2D eigenvalue weighted by Crippen LogP contribution is 2.35. The number of nitrogens with zero attached hydrogens (tertiary/aromatic N) is 2. The zero-order valence-corrected chi connectivity index (χ0v) is 20.1. The molecular formula is C27H25ClN2O5. The molecule has 0 bridgehead atoms. The molecule has 0 aliphatic rings. The molecule has 0 radical (unpaired) electrons. The Hall–Kier alpha value is -3.97. The Morgan fingerprint density at radius 2 is 1.63 bits per heavy atom. The minimum atomic E-state index is -1.20. The third-order valence-electron chi connectivity index (χ3n) is 5.84. The molecule has 0 atom stereocenters. The summed E-state index contributed by atoms with van der Waals surface area (Å²) in [6, 6.07) is 19.6. The molecule has 3 aromatic carbocycles. The van der Waals surface area contributed by atoms with E-state index in [-0.39, 0.29) is 11.3 Å². The monoisotopic (exact) mass is 492 g/mol. The second kappa shape index (κ2) is 10.1. The Bertz CT molecular complexity index is 1390. The van der Waals surface area contributed by atoms with Crippen LogP contribution in [0.15, 0.2) is 66.7 Å². The maximum absolute atomic E-state index is 12.3. The number of benzene rings is 3. The van der Waals surface area contributed by atoms with Crippen LogP contribution in [0.3, 0.4) is 0 Å². The Labute approximate surface area is 207 Å². The van der Waals surface area contributed by atoms with Gasteiger partial charge in [0.2, 0.25) is 0 Å². The summed E-state index contributed by atoms with van der Waals surface area (Å²) in [5.74, 6) is -1.40. The summed E-state index contributed by atoms with van der Waals surface area (Å²) in [4.78, 5) is 26.2. The first kappa shape index (κ1) is 24.2. The van der Waals surface area contributed by atoms with Gasteiger partial charge in [0.25, 0.3) is 0 Å². The van der Waals surface area contributed by atoms with Gasteiger partial charge in [-0.05, 0) is 74.5 Å². The first-order valence-corrected chi connectivity index (χ1v) is 11.6. The van der Waals surface area contributed by atoms with Gasteiger partial charge in [0.15, 0.2) is 0 Å². The van der Waals surface area contributed by atoms with E-state index >= 15 is 0 Å². The van der Waals surface area contributed by atoms with E-state index in [1.807, 2.05) is 24.3 Å². The lowest BCUT2D eigenvalue weighted by atomic mass is 10.1. The van der Waals surface area contributed by atoms with E-state index in [0.717, 1.165) is 18.8 Å². The number of halogens is 1. The summed E-state index contributed by atoms with van der Waals surface area (Å²) < 4.78 is 7.59. The number of fused-ring (bicyclic) bond motifs is 1. The molecule has 0 saturated carbocycles. The van der Waals surface area contributed by atoms with Crippen LogP contribution in [0, 0.1) is 0 Å². The van der Waals surface area contributed by atoms with Crippen LogP contribution in [0.4, 0.5) is 5.69 Å². The molecule has 7 nitrogen and oxygen atoms in total. The van der Waals surface area contributed by atoms with Crippen LogP contribution in [0.2, 0.25) is 5.02 Å². The molecule has 4 rings (SSSR count). The van der Waals surface area contributed by atoms with E-state index in [9.17, 15) is 19.8 Å². The summed E-state index contributed by atoms with van der Waals surface area (Å²) in [6.07, 6.45) is -0.446. The second-order valence-electron chi connectivity index (χ2n) is 7.96. The van der Waals surface area contributed by atoms with Crippen molar-refractivity contribution in [2.75, 3.05) is 18.0 Å². The number of carbonyl (C=O) groups is 2. The summed E-state index contributed by atoms with van der Waals surface area (Å²) in [6.45, 7) is 5.85. The maximum Gasteiger partial charge on any atom is 0.338 e. The molecule has 2 N–H and O–H groups in total. The van der Waals surface area contributed by atoms with Crippen LogP contribution in [0.1, 0.15) is 29.9 Å². The molecule has 1 aromatic heterocycles. The van der Waals surface area contributed by atoms with E-state index in [1.165, 1.54) is 0 Å². The first-order valence-electron chi connectivity index (χ1n) is 11.2. The lowest BCUT2D eigenvalue weighted by Crippen LogP contribution is -2.21. The van der Waals surface area contributed by atoms with Gasteiger partial charge in [0.05, 0.1) is 17.5 Å². The van der Waals surface area contributed by atoms with Gasteiger partial charge in [-0.2, -0.15) is 0 Å². The molecule has 35 heavy (non-hydrogen) atoms. The summed E-state index contributed by atoms with van der Waals surface area (Å²) >= 11 is 6.04. The number of aliphatic carboxylic acids is 1. The Morgan fingerprint density at radius 3 is 2.23 bits per heavy atom. The highest BCUT2D eigenvalue weighted by atomic mass is 35.5. The van der Waals surface area contributed by atoms with Crippen molar-refractivity contribution in [3.05, 3.63) is 83.0 Å². The number of aromatic carboxylic acids is 1. The van der Waals surface area contributed by atoms with Crippen molar-refractivity contribution in [1.29, 1.82) is 0 Å². The van der Waals surface area contributed by atoms with Crippen LogP contribution in [-0.4, -0.2) is 39.8 Å². The van der Waals surface area contributed by atoms with Gasteiger partial charge >= 0.3 is 11.9 Å². The largest absolute Gasteiger partial charge is 0.481 e. The minimum absolute atomic E-state index is 0.0632. The lowest BCUT2D eigenvalue weighted by molar-refractivity contribution is -0.136. The normalized spacial score (nSPS) is 10.9. The van der Waals surface area contributed by atoms with E-state index in [1.54, 1.807) is 47.0 Å². The second-order valence-corrected chi connectivity index (χ2v) is 8.40. The molecule has 4 aromatic rings. The predicted molar refractivity (Wildman–Crippen MR) is 137 cm³/mol. The fourth-order valence-corrected chi connectivity index (χ4v) is 4.48. The molecule has 8 heteroatoms. The van der Waals surface area contributed by atoms with Gasteiger partial charge < -0.3 is 24.4 Å². The van der Waals surface area contributed by atoms with Crippen molar-refractivity contribution >= 4 is 40.1 Å².